The molecule has 197 valence electrons. The molecule has 1 aromatic carbocycles. The molecule has 0 saturated carbocycles. The largest absolute Gasteiger partial charge is 0.507 e. The van der Waals surface area contributed by atoms with E-state index in [0.717, 1.165) is 11.3 Å². The molecular weight excluding hydrogens is 679 g/mol. The maximum absolute atomic E-state index is 10.1. The fraction of sp³-hybridized carbons (Fsp3) is 0.400. The van der Waals surface area contributed by atoms with E-state index in [4.69, 9.17) is 5.11 Å². The van der Waals surface area contributed by atoms with Gasteiger partial charge in [0.05, 0.1) is 24.2 Å². The van der Waals surface area contributed by atoms with Gasteiger partial charge in [-0.05, 0) is 39.8 Å². The van der Waals surface area contributed by atoms with Crippen LogP contribution in [-0.2, 0) is 26.4 Å². The molecule has 36 heavy (non-hydrogen) atoms. The number of hydrogen-bond acceptors (Lipinski definition) is 9. The first-order valence-electron chi connectivity index (χ1n) is 10.6. The van der Waals surface area contributed by atoms with E-state index in [1.165, 1.54) is 34.5 Å². The Hall–Kier alpha value is -2.35. The predicted molar refractivity (Wildman–Crippen MR) is 138 cm³/mol. The minimum atomic E-state index is -0.475. The summed E-state index contributed by atoms with van der Waals surface area (Å²) in [6, 6.07) is 10.8. The first-order chi connectivity index (χ1) is 16.6. The van der Waals surface area contributed by atoms with Gasteiger partial charge in [0.1, 0.15) is 39.9 Å². The number of phenols is 1. The van der Waals surface area contributed by atoms with Crippen molar-refractivity contribution in [2.45, 2.75) is 40.2 Å². The number of oxime groups is 3. The van der Waals surface area contributed by atoms with Gasteiger partial charge >= 0.3 is 0 Å². The van der Waals surface area contributed by atoms with E-state index in [1.54, 1.807) is 31.3 Å². The Bertz CT molecular complexity index is 900. The Balaban J connectivity index is -0.000000414. The summed E-state index contributed by atoms with van der Waals surface area (Å²) in [6.07, 6.45) is 6.83. The summed E-state index contributed by atoms with van der Waals surface area (Å²) in [6.45, 7) is 6.82. The average molecular weight is 719 g/mol. The van der Waals surface area contributed by atoms with Gasteiger partial charge < -0.3 is 24.7 Å². The first kappa shape index (κ1) is 38.2. The second-order valence-corrected chi connectivity index (χ2v) is 7.17. The van der Waals surface area contributed by atoms with Crippen molar-refractivity contribution in [1.82, 2.24) is 0 Å². The Morgan fingerprint density at radius 2 is 1.50 bits per heavy atom. The van der Waals surface area contributed by atoms with Crippen LogP contribution in [0.15, 0.2) is 64.3 Å². The van der Waals surface area contributed by atoms with Crippen LogP contribution in [0.25, 0.3) is 0 Å². The van der Waals surface area contributed by atoms with Gasteiger partial charge in [-0.15, -0.1) is 0 Å². The molecule has 0 amide bonds. The third kappa shape index (κ3) is 26.3. The van der Waals surface area contributed by atoms with E-state index in [-0.39, 0.29) is 62.0 Å². The van der Waals surface area contributed by atoms with Crippen LogP contribution in [0.2, 0.25) is 0 Å². The molecule has 0 fully saturated rings. The molecule has 1 aromatic heterocycles. The topological polar surface area (TPSA) is 126 Å². The molecule has 1 radical (unpaired) electrons. The zero-order chi connectivity index (χ0) is 27.1. The molecule has 0 aliphatic carbocycles. The smallest absolute Gasteiger partial charge is 0.169 e. The molecule has 11 heteroatoms. The van der Waals surface area contributed by atoms with Crippen molar-refractivity contribution in [2.24, 2.45) is 22.5 Å². The molecule has 1 unspecified atom stereocenters. The fourth-order valence-corrected chi connectivity index (χ4v) is 2.02. The Morgan fingerprint density at radius 3 is 1.86 bits per heavy atom. The van der Waals surface area contributed by atoms with Crippen molar-refractivity contribution in [3.8, 4) is 5.75 Å². The number of aliphatic hydroxyl groups excluding tert-OH is 1. The summed E-state index contributed by atoms with van der Waals surface area (Å²) in [7, 11) is 6.49. The third-order valence-electron chi connectivity index (χ3n) is 3.40. The van der Waals surface area contributed by atoms with Crippen LogP contribution in [0.4, 0.5) is 0 Å². The number of aliphatic hydroxyl groups is 1. The van der Waals surface area contributed by atoms with Crippen molar-refractivity contribution in [3.05, 3.63) is 59.9 Å². The number of hydrogen-bond donors (Lipinski definition) is 2. The number of carbonyl (C=O) groups is 1. The van der Waals surface area contributed by atoms with Gasteiger partial charge in [0.15, 0.2) is 12.4 Å². The van der Waals surface area contributed by atoms with Crippen molar-refractivity contribution in [2.75, 3.05) is 21.3 Å². The Labute approximate surface area is 250 Å². The SMILES string of the molecule is CC(=O)CC(C)O.CON=C(C)C.CON=Cc1cc[n+](C)cc1.CON=Cc1ccccc1O.[Ac]. The molecule has 10 nitrogen and oxygen atoms in total. The van der Waals surface area contributed by atoms with E-state index >= 15 is 0 Å². The number of ketones is 1. The molecule has 2 aromatic rings. The van der Waals surface area contributed by atoms with Gasteiger partial charge in [0.25, 0.3) is 0 Å². The predicted octanol–water partition coefficient (Wildman–Crippen LogP) is 3.24. The molecule has 0 aliphatic rings. The number of Topliss-reactive ketones (excluding diaryl/α,β-unsaturated/α-hetero) is 1. The quantitative estimate of drug-likeness (QED) is 0.258. The number of pyridine rings is 1. The number of benzene rings is 1. The second-order valence-electron chi connectivity index (χ2n) is 7.17. The van der Waals surface area contributed by atoms with Crippen molar-refractivity contribution in [3.63, 3.8) is 0 Å². The molecular formula is C25H39AcN4O6+. The zero-order valence-corrected chi connectivity index (χ0v) is 27.2. The van der Waals surface area contributed by atoms with E-state index in [2.05, 4.69) is 30.0 Å². The van der Waals surface area contributed by atoms with Gasteiger partial charge in [0, 0.05) is 73.7 Å². The number of para-hydroxylation sites is 1. The zero-order valence-electron chi connectivity index (χ0n) is 22.5. The number of phenolic OH excluding ortho intramolecular Hbond substituents is 1. The number of aromatic hydroxyl groups is 1. The van der Waals surface area contributed by atoms with E-state index in [1.807, 2.05) is 56.1 Å². The summed E-state index contributed by atoms with van der Waals surface area (Å²) in [4.78, 5) is 23.5. The van der Waals surface area contributed by atoms with Gasteiger partial charge in [-0.3, -0.25) is 4.79 Å². The van der Waals surface area contributed by atoms with E-state index < -0.39 is 6.10 Å². The minimum absolute atomic E-state index is 0. The van der Waals surface area contributed by atoms with Crippen LogP contribution < -0.4 is 4.57 Å². The van der Waals surface area contributed by atoms with Crippen molar-refractivity contribution in [1.29, 1.82) is 0 Å². The molecule has 1 heterocycles. The molecule has 2 rings (SSSR count). The minimum Gasteiger partial charge on any atom is -0.507 e. The van der Waals surface area contributed by atoms with Gasteiger partial charge in [-0.25, -0.2) is 4.57 Å². The van der Waals surface area contributed by atoms with Crippen molar-refractivity contribution < 1.29 is 78.1 Å². The molecule has 0 aliphatic heterocycles. The van der Waals surface area contributed by atoms with Crippen LogP contribution >= 0.6 is 0 Å². The number of carbonyl (C=O) groups excluding carboxylic acids is 1. The standard InChI is InChI=1S/C8H11N2O.C8H9NO2.C5H10O2.C4H9NO.Ac/c1-10-5-3-8(4-6-10)7-9-11-2;1-11-9-6-7-4-2-3-5-8(7)10;1-4(6)3-5(2)7;1-4(2)5-6-3;/h3-7H,1-2H3;2-6,10H,1H3;4,6H,3H2,1-2H3;1-3H3;/q+1;;;;. The van der Waals surface area contributed by atoms with Crippen LogP contribution in [0.1, 0.15) is 45.2 Å². The number of rotatable bonds is 7. The third-order valence-corrected chi connectivity index (χ3v) is 3.40. The average Bonchev–Trinajstić information content (AvgIpc) is 2.78. The van der Waals surface area contributed by atoms with Crippen molar-refractivity contribution >= 4 is 23.9 Å². The normalized spacial score (nSPS) is 10.1. The number of aromatic nitrogens is 1. The monoisotopic (exact) mass is 718 g/mol. The summed E-state index contributed by atoms with van der Waals surface area (Å²) < 4.78 is 1.96. The van der Waals surface area contributed by atoms with E-state index in [0.29, 0.717) is 5.56 Å². The summed E-state index contributed by atoms with van der Waals surface area (Å²) in [5, 5.41) is 28.4. The molecule has 1 atom stereocenters. The van der Waals surface area contributed by atoms with Crippen LogP contribution in [-0.4, -0.2) is 61.6 Å². The van der Waals surface area contributed by atoms with Gasteiger partial charge in [-0.1, -0.05) is 27.6 Å². The van der Waals surface area contributed by atoms with Gasteiger partial charge in [-0.2, -0.15) is 0 Å². The molecule has 2 N–H and O–H groups in total. The van der Waals surface area contributed by atoms with Crippen LogP contribution in [0.5, 0.6) is 5.75 Å². The maximum Gasteiger partial charge on any atom is 0.169 e. The Morgan fingerprint density at radius 1 is 0.972 bits per heavy atom. The summed E-state index contributed by atoms with van der Waals surface area (Å²) in [5.74, 6) is 0.239. The molecule has 0 spiro atoms. The second kappa shape index (κ2) is 25.7. The van der Waals surface area contributed by atoms with Gasteiger partial charge in [0.2, 0.25) is 0 Å². The molecule has 0 bridgehead atoms. The number of nitrogens with zero attached hydrogens (tertiary/aromatic N) is 4. The summed E-state index contributed by atoms with van der Waals surface area (Å²) in [5.41, 5.74) is 2.62. The van der Waals surface area contributed by atoms with Crippen LogP contribution in [0.3, 0.4) is 0 Å². The fourth-order valence-electron chi connectivity index (χ4n) is 2.02. The first-order valence-corrected chi connectivity index (χ1v) is 10.6. The summed E-state index contributed by atoms with van der Waals surface area (Å²) >= 11 is 0. The van der Waals surface area contributed by atoms with E-state index in [9.17, 15) is 9.90 Å². The number of aryl methyl sites for hydroxylation is 1. The van der Waals surface area contributed by atoms with Crippen LogP contribution in [0, 0.1) is 44.1 Å². The Kier molecular flexibility index (Phi) is 27.3. The maximum atomic E-state index is 10.1. The molecule has 0 saturated heterocycles.